The molecular weight excluding hydrogens is 466 g/mol. The highest BCUT2D eigenvalue weighted by atomic mass is 35.5. The Hall–Kier alpha value is -3.55. The molecule has 182 valence electrons. The van der Waals surface area contributed by atoms with Gasteiger partial charge in [0, 0.05) is 31.4 Å². The summed E-state index contributed by atoms with van der Waals surface area (Å²) in [6.07, 6.45) is 0. The molecule has 35 heavy (non-hydrogen) atoms. The smallest absolute Gasteiger partial charge is 0.318 e. The van der Waals surface area contributed by atoms with Crippen LogP contribution in [-0.4, -0.2) is 47.7 Å². The van der Waals surface area contributed by atoms with Gasteiger partial charge < -0.3 is 25.0 Å². The Balaban J connectivity index is 1.56. The minimum Gasteiger partial charge on any atom is -0.491 e. The standard InChI is InChI=1S/C27H28ClN3O4/c1-19-17-31(26(33)23-12-11-22(15-24(23)28)35-14-13-32)25-10-6-5-9-21(25)18-30(19)27(34)29-16-20-7-3-2-4-8-20/h2-12,15,19,32H,13-14,16-18H2,1H3,(H,29,34)/t19-/m1/s1. The number of nitrogens with one attached hydrogen (secondary N) is 1. The van der Waals surface area contributed by atoms with E-state index in [9.17, 15) is 9.59 Å². The minimum atomic E-state index is -0.255. The third kappa shape index (κ3) is 5.75. The molecule has 7 nitrogen and oxygen atoms in total. The van der Waals surface area contributed by atoms with Crippen LogP contribution in [0.4, 0.5) is 10.5 Å². The second-order valence-electron chi connectivity index (χ2n) is 8.38. The number of aliphatic hydroxyl groups excluding tert-OH is 1. The van der Waals surface area contributed by atoms with E-state index in [4.69, 9.17) is 21.4 Å². The van der Waals surface area contributed by atoms with Crippen molar-refractivity contribution < 1.29 is 19.4 Å². The van der Waals surface area contributed by atoms with E-state index in [0.29, 0.717) is 30.9 Å². The fourth-order valence-corrected chi connectivity index (χ4v) is 4.37. The lowest BCUT2D eigenvalue weighted by atomic mass is 10.1. The summed E-state index contributed by atoms with van der Waals surface area (Å²) in [5.74, 6) is 0.223. The summed E-state index contributed by atoms with van der Waals surface area (Å²) in [4.78, 5) is 30.2. The van der Waals surface area contributed by atoms with E-state index in [0.717, 1.165) is 16.8 Å². The van der Waals surface area contributed by atoms with Crippen LogP contribution in [0.3, 0.4) is 0 Å². The van der Waals surface area contributed by atoms with Crippen molar-refractivity contribution in [2.45, 2.75) is 26.1 Å². The Bertz CT molecular complexity index is 1190. The topological polar surface area (TPSA) is 82.1 Å². The maximum atomic E-state index is 13.6. The molecule has 1 aliphatic rings. The molecule has 1 aliphatic heterocycles. The molecule has 0 fully saturated rings. The Labute approximate surface area is 209 Å². The monoisotopic (exact) mass is 493 g/mol. The molecule has 1 atom stereocenters. The van der Waals surface area contributed by atoms with E-state index in [1.807, 2.05) is 61.5 Å². The summed E-state index contributed by atoms with van der Waals surface area (Å²) >= 11 is 6.44. The molecular formula is C27H28ClN3O4. The first-order valence-electron chi connectivity index (χ1n) is 11.5. The maximum absolute atomic E-state index is 13.6. The van der Waals surface area contributed by atoms with E-state index in [2.05, 4.69) is 5.32 Å². The molecule has 0 bridgehead atoms. The van der Waals surface area contributed by atoms with Crippen LogP contribution in [0.15, 0.2) is 72.8 Å². The fourth-order valence-electron chi connectivity index (χ4n) is 4.12. The van der Waals surface area contributed by atoms with E-state index in [-0.39, 0.29) is 36.2 Å². The number of amides is 3. The number of benzene rings is 3. The number of anilines is 1. The molecule has 0 radical (unpaired) electrons. The summed E-state index contributed by atoms with van der Waals surface area (Å²) in [7, 11) is 0. The van der Waals surface area contributed by atoms with Crippen LogP contribution in [0.5, 0.6) is 5.75 Å². The number of halogens is 1. The summed E-state index contributed by atoms with van der Waals surface area (Å²) in [5.41, 5.74) is 2.98. The third-order valence-corrected chi connectivity index (χ3v) is 6.24. The van der Waals surface area contributed by atoms with Crippen molar-refractivity contribution in [2.24, 2.45) is 0 Å². The van der Waals surface area contributed by atoms with Crippen LogP contribution in [0.2, 0.25) is 5.02 Å². The van der Waals surface area contributed by atoms with Gasteiger partial charge in [0.15, 0.2) is 0 Å². The first-order valence-corrected chi connectivity index (χ1v) is 11.9. The van der Waals surface area contributed by atoms with Gasteiger partial charge in [-0.3, -0.25) is 4.79 Å². The van der Waals surface area contributed by atoms with E-state index < -0.39 is 0 Å². The Morgan fingerprint density at radius 1 is 1.09 bits per heavy atom. The number of aliphatic hydroxyl groups is 1. The van der Waals surface area contributed by atoms with Gasteiger partial charge in [0.05, 0.1) is 17.2 Å². The zero-order valence-corrected chi connectivity index (χ0v) is 20.2. The van der Waals surface area contributed by atoms with Crippen molar-refractivity contribution >= 4 is 29.2 Å². The fraction of sp³-hybridized carbons (Fsp3) is 0.259. The van der Waals surface area contributed by atoms with Crippen LogP contribution in [0, 0.1) is 0 Å². The number of fused-ring (bicyclic) bond motifs is 1. The number of hydrogen-bond donors (Lipinski definition) is 2. The van der Waals surface area contributed by atoms with Gasteiger partial charge in [0.2, 0.25) is 0 Å². The van der Waals surface area contributed by atoms with Crippen molar-refractivity contribution in [1.29, 1.82) is 0 Å². The van der Waals surface area contributed by atoms with Crippen molar-refractivity contribution in [3.8, 4) is 5.75 Å². The van der Waals surface area contributed by atoms with Crippen molar-refractivity contribution in [2.75, 3.05) is 24.7 Å². The highest BCUT2D eigenvalue weighted by Gasteiger charge is 2.32. The summed E-state index contributed by atoms with van der Waals surface area (Å²) in [5, 5.41) is 12.2. The summed E-state index contributed by atoms with van der Waals surface area (Å²) < 4.78 is 5.39. The number of carbonyl (C=O) groups excluding carboxylic acids is 2. The van der Waals surface area contributed by atoms with Gasteiger partial charge in [-0.25, -0.2) is 4.79 Å². The highest BCUT2D eigenvalue weighted by molar-refractivity contribution is 6.34. The molecule has 3 aromatic rings. The molecule has 0 spiro atoms. The largest absolute Gasteiger partial charge is 0.491 e. The lowest BCUT2D eigenvalue weighted by Gasteiger charge is -2.29. The summed E-state index contributed by atoms with van der Waals surface area (Å²) in [6, 6.07) is 21.8. The summed E-state index contributed by atoms with van der Waals surface area (Å²) in [6.45, 7) is 3.07. The van der Waals surface area contributed by atoms with Crippen molar-refractivity contribution in [3.05, 3.63) is 94.5 Å². The molecule has 2 N–H and O–H groups in total. The first-order chi connectivity index (χ1) is 17.0. The van der Waals surface area contributed by atoms with E-state index in [1.165, 1.54) is 0 Å². The van der Waals surface area contributed by atoms with Gasteiger partial charge in [-0.15, -0.1) is 0 Å². The van der Waals surface area contributed by atoms with Crippen molar-refractivity contribution in [1.82, 2.24) is 10.2 Å². The number of hydrogen-bond acceptors (Lipinski definition) is 4. The normalized spacial score (nSPS) is 15.2. The Morgan fingerprint density at radius 2 is 1.83 bits per heavy atom. The quantitative estimate of drug-likeness (QED) is 0.530. The second-order valence-corrected chi connectivity index (χ2v) is 8.79. The molecule has 0 unspecified atom stereocenters. The number of urea groups is 1. The molecule has 0 aromatic heterocycles. The highest BCUT2D eigenvalue weighted by Crippen LogP contribution is 2.31. The molecule has 0 saturated heterocycles. The van der Waals surface area contributed by atoms with Gasteiger partial charge in [0.25, 0.3) is 5.91 Å². The molecule has 0 saturated carbocycles. The lowest BCUT2D eigenvalue weighted by molar-refractivity contribution is 0.0979. The average Bonchev–Trinajstić information content (AvgIpc) is 3.03. The Morgan fingerprint density at radius 3 is 2.57 bits per heavy atom. The predicted molar refractivity (Wildman–Crippen MR) is 136 cm³/mol. The molecule has 4 rings (SSSR count). The van der Waals surface area contributed by atoms with Gasteiger partial charge >= 0.3 is 6.03 Å². The number of rotatable bonds is 6. The van der Waals surface area contributed by atoms with Gasteiger partial charge in [-0.2, -0.15) is 0 Å². The third-order valence-electron chi connectivity index (χ3n) is 5.93. The predicted octanol–water partition coefficient (Wildman–Crippen LogP) is 4.47. The van der Waals surface area contributed by atoms with E-state index in [1.54, 1.807) is 28.0 Å². The van der Waals surface area contributed by atoms with Crippen LogP contribution in [-0.2, 0) is 13.1 Å². The maximum Gasteiger partial charge on any atom is 0.318 e. The zero-order chi connectivity index (χ0) is 24.8. The minimum absolute atomic E-state index is 0.115. The Kier molecular flexibility index (Phi) is 7.90. The molecule has 3 amide bonds. The van der Waals surface area contributed by atoms with Crippen LogP contribution >= 0.6 is 11.6 Å². The zero-order valence-electron chi connectivity index (χ0n) is 19.5. The molecule has 8 heteroatoms. The molecule has 0 aliphatic carbocycles. The number of para-hydroxylation sites is 1. The average molecular weight is 494 g/mol. The second kappa shape index (κ2) is 11.3. The lowest BCUT2D eigenvalue weighted by Crippen LogP contribution is -2.48. The van der Waals surface area contributed by atoms with Crippen LogP contribution in [0.1, 0.15) is 28.4 Å². The number of carbonyl (C=O) groups is 2. The molecule has 3 aromatic carbocycles. The van der Waals surface area contributed by atoms with Crippen LogP contribution in [0.25, 0.3) is 0 Å². The molecule has 1 heterocycles. The SMILES string of the molecule is C[C@@H]1CN(C(=O)c2ccc(OCCO)cc2Cl)c2ccccc2CN1C(=O)NCc1ccccc1. The van der Waals surface area contributed by atoms with Crippen LogP contribution < -0.4 is 15.0 Å². The number of nitrogens with zero attached hydrogens (tertiary/aromatic N) is 2. The van der Waals surface area contributed by atoms with Crippen molar-refractivity contribution in [3.63, 3.8) is 0 Å². The number of ether oxygens (including phenoxy) is 1. The van der Waals surface area contributed by atoms with Gasteiger partial charge in [0.1, 0.15) is 12.4 Å². The van der Waals surface area contributed by atoms with Gasteiger partial charge in [-0.1, -0.05) is 60.1 Å². The first kappa shape index (κ1) is 24.6. The van der Waals surface area contributed by atoms with E-state index >= 15 is 0 Å². The van der Waals surface area contributed by atoms with Gasteiger partial charge in [-0.05, 0) is 42.3 Å².